The number of nitrogens with zero attached hydrogens (tertiary/aromatic N) is 1. The molecule has 3 heterocycles. The molecule has 5 rings (SSSR count). The summed E-state index contributed by atoms with van der Waals surface area (Å²) in [7, 11) is 3.36. The number of allylic oxidation sites excluding steroid dienone is 1. The minimum Gasteiger partial charge on any atom is -0.497 e. The third-order valence-corrected chi connectivity index (χ3v) is 7.50. The lowest BCUT2D eigenvalue weighted by Gasteiger charge is -2.41. The molecule has 5 nitrogen and oxygen atoms in total. The van der Waals surface area contributed by atoms with E-state index in [0.29, 0.717) is 5.78 Å². The van der Waals surface area contributed by atoms with Crippen LogP contribution in [-0.2, 0) is 30.5 Å². The summed E-state index contributed by atoms with van der Waals surface area (Å²) >= 11 is 0. The number of fused-ring (bicyclic) bond motifs is 3. The van der Waals surface area contributed by atoms with Crippen LogP contribution >= 0.6 is 0 Å². The number of carbonyl (C=O) groups excluding carboxylic acids is 2. The average Bonchev–Trinajstić information content (AvgIpc) is 2.94. The molecule has 2 aromatic carbocycles. The van der Waals surface area contributed by atoms with E-state index < -0.39 is 0 Å². The maximum absolute atomic E-state index is 12.6. The van der Waals surface area contributed by atoms with Gasteiger partial charge in [0.25, 0.3) is 0 Å². The van der Waals surface area contributed by atoms with Crippen molar-refractivity contribution in [3.05, 3.63) is 63.3 Å². The van der Waals surface area contributed by atoms with E-state index >= 15 is 0 Å². The molecule has 3 saturated heterocycles. The molecule has 36 heavy (non-hydrogen) atoms. The Labute approximate surface area is 216 Å². The standard InChI is InChI=1S/C19H25NO2.C12H16O2/c1-4-13-10-16(22-3)11-14(5-2)17(13)12-18-19(21)15-6-8-20(18)9-7-15;1-4-9-6-11(14-3)7-10(5-2)12(9)8-13/h10-12,15H,4-9H2,1-3H3;6-8H,4-5H2,1-3H3/b18-12+;. The Balaban J connectivity index is 0.000000223. The lowest BCUT2D eigenvalue weighted by Crippen LogP contribution is -2.45. The van der Waals surface area contributed by atoms with Crippen LogP contribution in [0.1, 0.15) is 78.7 Å². The first-order chi connectivity index (χ1) is 17.4. The largest absolute Gasteiger partial charge is 0.497 e. The van der Waals surface area contributed by atoms with Crippen molar-refractivity contribution >= 4 is 18.1 Å². The van der Waals surface area contributed by atoms with Crippen LogP contribution in [0.15, 0.2) is 30.0 Å². The molecule has 0 unspecified atom stereocenters. The number of ether oxygens (including phenoxy) is 2. The van der Waals surface area contributed by atoms with Crippen LogP contribution in [0.3, 0.4) is 0 Å². The predicted molar refractivity (Wildman–Crippen MR) is 146 cm³/mol. The van der Waals surface area contributed by atoms with Crippen LogP contribution in [-0.4, -0.2) is 44.3 Å². The highest BCUT2D eigenvalue weighted by atomic mass is 16.5. The third kappa shape index (κ3) is 5.83. The molecule has 0 saturated carbocycles. The Morgan fingerprint density at radius 3 is 1.53 bits per heavy atom. The molecule has 0 amide bonds. The van der Waals surface area contributed by atoms with Gasteiger partial charge in [-0.1, -0.05) is 27.7 Å². The number of hydrogen-bond acceptors (Lipinski definition) is 5. The number of piperidine rings is 3. The van der Waals surface area contributed by atoms with E-state index in [1.807, 2.05) is 26.0 Å². The van der Waals surface area contributed by atoms with Gasteiger partial charge in [-0.05, 0) is 96.7 Å². The summed E-state index contributed by atoms with van der Waals surface area (Å²) in [6.45, 7) is 10.5. The minimum absolute atomic E-state index is 0.254. The van der Waals surface area contributed by atoms with Gasteiger partial charge in [0.05, 0.1) is 19.9 Å². The number of benzene rings is 2. The number of carbonyl (C=O) groups is 2. The van der Waals surface area contributed by atoms with E-state index in [2.05, 4.69) is 37.0 Å². The van der Waals surface area contributed by atoms with Gasteiger partial charge >= 0.3 is 0 Å². The van der Waals surface area contributed by atoms with Gasteiger partial charge in [-0.3, -0.25) is 9.59 Å². The van der Waals surface area contributed by atoms with Crippen LogP contribution in [0.4, 0.5) is 0 Å². The van der Waals surface area contributed by atoms with Gasteiger partial charge < -0.3 is 14.4 Å². The zero-order valence-corrected chi connectivity index (χ0v) is 22.8. The molecule has 3 fully saturated rings. The second kappa shape index (κ2) is 12.8. The van der Waals surface area contributed by atoms with E-state index in [9.17, 15) is 9.59 Å². The number of hydrogen-bond donors (Lipinski definition) is 0. The molecule has 5 heteroatoms. The van der Waals surface area contributed by atoms with Gasteiger partial charge in [0.1, 0.15) is 11.5 Å². The van der Waals surface area contributed by atoms with Crippen molar-refractivity contribution in [2.24, 2.45) is 5.92 Å². The average molecular weight is 492 g/mol. The first-order valence-electron chi connectivity index (χ1n) is 13.3. The van der Waals surface area contributed by atoms with Crippen LogP contribution < -0.4 is 9.47 Å². The molecular formula is C31H41NO4. The van der Waals surface area contributed by atoms with Crippen molar-refractivity contribution in [2.45, 2.75) is 66.2 Å². The molecule has 0 N–H and O–H groups in total. The number of methoxy groups -OCH3 is 2. The monoisotopic (exact) mass is 491 g/mol. The Hall–Kier alpha value is -3.08. The molecule has 0 aromatic heterocycles. The number of ketones is 1. The summed E-state index contributed by atoms with van der Waals surface area (Å²) in [6, 6.07) is 8.07. The summed E-state index contributed by atoms with van der Waals surface area (Å²) < 4.78 is 10.6. The second-order valence-electron chi connectivity index (χ2n) is 9.41. The van der Waals surface area contributed by atoms with Gasteiger partial charge in [-0.15, -0.1) is 0 Å². The van der Waals surface area contributed by atoms with Crippen molar-refractivity contribution in [1.29, 1.82) is 0 Å². The Morgan fingerprint density at radius 1 is 0.778 bits per heavy atom. The lowest BCUT2D eigenvalue weighted by molar-refractivity contribution is -0.125. The van der Waals surface area contributed by atoms with Crippen LogP contribution in [0, 0.1) is 5.92 Å². The van der Waals surface area contributed by atoms with E-state index in [1.165, 1.54) is 16.7 Å². The molecule has 3 aliphatic heterocycles. The van der Waals surface area contributed by atoms with Gasteiger partial charge in [0.15, 0.2) is 12.1 Å². The maximum atomic E-state index is 12.6. The number of aryl methyl sites for hydroxylation is 4. The highest BCUT2D eigenvalue weighted by molar-refractivity contribution is 6.02. The molecule has 2 aromatic rings. The molecule has 0 aliphatic carbocycles. The first-order valence-corrected chi connectivity index (χ1v) is 13.3. The van der Waals surface area contributed by atoms with Gasteiger partial charge in [0, 0.05) is 24.6 Å². The topological polar surface area (TPSA) is 55.8 Å². The zero-order valence-electron chi connectivity index (χ0n) is 22.8. The first kappa shape index (κ1) is 27.5. The normalized spacial score (nSPS) is 16.1. The highest BCUT2D eigenvalue weighted by Crippen LogP contribution is 2.34. The molecular weight excluding hydrogens is 450 g/mol. The van der Waals surface area contributed by atoms with E-state index in [-0.39, 0.29) is 5.92 Å². The Kier molecular flexibility index (Phi) is 9.74. The molecule has 2 bridgehead atoms. The smallest absolute Gasteiger partial charge is 0.182 e. The van der Waals surface area contributed by atoms with Gasteiger partial charge in [-0.2, -0.15) is 0 Å². The van der Waals surface area contributed by atoms with Crippen LogP contribution in [0.5, 0.6) is 11.5 Å². The highest BCUT2D eigenvalue weighted by Gasteiger charge is 2.36. The van der Waals surface area contributed by atoms with Crippen molar-refractivity contribution < 1.29 is 19.1 Å². The number of Topliss-reactive ketones (excluding diaryl/α,β-unsaturated/α-hetero) is 1. The summed E-state index contributed by atoms with van der Waals surface area (Å²) in [5.74, 6) is 2.35. The van der Waals surface area contributed by atoms with Gasteiger partial charge in [-0.25, -0.2) is 0 Å². The summed E-state index contributed by atoms with van der Waals surface area (Å²) in [6.07, 6.45) is 8.75. The number of rotatable bonds is 8. The summed E-state index contributed by atoms with van der Waals surface area (Å²) in [5.41, 5.74) is 7.64. The van der Waals surface area contributed by atoms with Crippen molar-refractivity contribution in [3.8, 4) is 11.5 Å². The SMILES string of the molecule is CCc1cc(OC)cc(CC)c1/C=C1\C(=O)C2CCN1CC2.CCc1cc(OC)cc(CC)c1C=O. The molecule has 194 valence electrons. The van der Waals surface area contributed by atoms with Crippen molar-refractivity contribution in [1.82, 2.24) is 4.90 Å². The van der Waals surface area contributed by atoms with Gasteiger partial charge in [0.2, 0.25) is 0 Å². The molecule has 3 aliphatic rings. The van der Waals surface area contributed by atoms with Crippen LogP contribution in [0.25, 0.3) is 6.08 Å². The fraction of sp³-hybridized carbons (Fsp3) is 0.484. The zero-order chi connectivity index (χ0) is 26.2. The van der Waals surface area contributed by atoms with Crippen molar-refractivity contribution in [3.63, 3.8) is 0 Å². The summed E-state index contributed by atoms with van der Waals surface area (Å²) in [4.78, 5) is 25.8. The fourth-order valence-electron chi connectivity index (χ4n) is 5.28. The van der Waals surface area contributed by atoms with Crippen molar-refractivity contribution in [2.75, 3.05) is 27.3 Å². The van der Waals surface area contributed by atoms with Crippen LogP contribution in [0.2, 0.25) is 0 Å². The summed E-state index contributed by atoms with van der Waals surface area (Å²) in [5, 5.41) is 0. The fourth-order valence-corrected chi connectivity index (χ4v) is 5.28. The molecule has 0 atom stereocenters. The van der Waals surface area contributed by atoms with E-state index in [4.69, 9.17) is 9.47 Å². The molecule has 0 spiro atoms. The third-order valence-electron chi connectivity index (χ3n) is 7.50. The minimum atomic E-state index is 0.254. The number of aldehydes is 1. The van der Waals surface area contributed by atoms with E-state index in [1.54, 1.807) is 14.2 Å². The predicted octanol–water partition coefficient (Wildman–Crippen LogP) is 6.09. The van der Waals surface area contributed by atoms with E-state index in [0.717, 1.165) is 91.8 Å². The second-order valence-corrected chi connectivity index (χ2v) is 9.41. The lowest BCUT2D eigenvalue weighted by atomic mass is 9.83. The Morgan fingerprint density at radius 2 is 1.19 bits per heavy atom. The Bertz CT molecular complexity index is 1060. The quantitative estimate of drug-likeness (QED) is 0.330. The maximum Gasteiger partial charge on any atom is 0.182 e. The molecule has 0 radical (unpaired) electrons.